The molecule has 6 heteroatoms. The lowest BCUT2D eigenvalue weighted by atomic mass is 10.1. The van der Waals surface area contributed by atoms with E-state index in [-0.39, 0.29) is 29.7 Å². The fraction of sp³-hybridized carbons (Fsp3) is 0.438. The molecule has 0 radical (unpaired) electrons. The van der Waals surface area contributed by atoms with Crippen LogP contribution >= 0.6 is 0 Å². The zero-order valence-electron chi connectivity index (χ0n) is 12.9. The van der Waals surface area contributed by atoms with Gasteiger partial charge in [-0.1, -0.05) is 12.1 Å². The van der Waals surface area contributed by atoms with Crippen LogP contribution in [0.1, 0.15) is 30.6 Å². The Bertz CT molecular complexity index is 598. The van der Waals surface area contributed by atoms with Gasteiger partial charge in [0.05, 0.1) is 30.2 Å². The molecule has 1 aliphatic carbocycles. The van der Waals surface area contributed by atoms with Crippen molar-refractivity contribution in [3.05, 3.63) is 29.8 Å². The summed E-state index contributed by atoms with van der Waals surface area (Å²) in [5.41, 5.74) is 0.691. The third-order valence-corrected chi connectivity index (χ3v) is 3.49. The van der Waals surface area contributed by atoms with E-state index in [9.17, 15) is 14.4 Å². The summed E-state index contributed by atoms with van der Waals surface area (Å²) in [5, 5.41) is 5.51. The van der Waals surface area contributed by atoms with E-state index in [0.29, 0.717) is 17.7 Å². The van der Waals surface area contributed by atoms with Gasteiger partial charge in [-0.05, 0) is 32.4 Å². The number of amides is 2. The van der Waals surface area contributed by atoms with Crippen LogP contribution in [-0.4, -0.2) is 30.9 Å². The highest BCUT2D eigenvalue weighted by molar-refractivity contribution is 6.04. The largest absolute Gasteiger partial charge is 0.465 e. The summed E-state index contributed by atoms with van der Waals surface area (Å²) in [7, 11) is 1.29. The maximum Gasteiger partial charge on any atom is 0.339 e. The number of benzene rings is 1. The van der Waals surface area contributed by atoms with Gasteiger partial charge in [-0.25, -0.2) is 4.79 Å². The first-order valence-corrected chi connectivity index (χ1v) is 7.22. The average Bonchev–Trinajstić information content (AvgIpc) is 3.27. The van der Waals surface area contributed by atoms with Crippen LogP contribution in [0.3, 0.4) is 0 Å². The van der Waals surface area contributed by atoms with Gasteiger partial charge >= 0.3 is 5.97 Å². The van der Waals surface area contributed by atoms with Crippen molar-refractivity contribution in [2.45, 2.75) is 26.3 Å². The summed E-state index contributed by atoms with van der Waals surface area (Å²) in [6, 6.07) is 6.68. The first-order chi connectivity index (χ1) is 10.4. The van der Waals surface area contributed by atoms with Crippen molar-refractivity contribution < 1.29 is 19.1 Å². The van der Waals surface area contributed by atoms with E-state index in [1.165, 1.54) is 7.11 Å². The van der Waals surface area contributed by atoms with Crippen molar-refractivity contribution in [3.8, 4) is 0 Å². The number of hydrogen-bond acceptors (Lipinski definition) is 4. The molecule has 0 spiro atoms. The number of carbonyl (C=O) groups is 3. The van der Waals surface area contributed by atoms with Gasteiger partial charge in [0.15, 0.2) is 0 Å². The monoisotopic (exact) mass is 304 g/mol. The molecule has 2 atom stereocenters. The highest BCUT2D eigenvalue weighted by Gasteiger charge is 2.48. The van der Waals surface area contributed by atoms with Gasteiger partial charge in [0.25, 0.3) is 0 Å². The van der Waals surface area contributed by atoms with Crippen molar-refractivity contribution in [1.29, 1.82) is 0 Å². The van der Waals surface area contributed by atoms with Crippen LogP contribution in [0, 0.1) is 11.8 Å². The van der Waals surface area contributed by atoms with E-state index >= 15 is 0 Å². The topological polar surface area (TPSA) is 84.5 Å². The molecule has 2 unspecified atom stereocenters. The number of hydrogen-bond donors (Lipinski definition) is 2. The van der Waals surface area contributed by atoms with E-state index in [0.717, 1.165) is 0 Å². The number of para-hydroxylation sites is 1. The standard InChI is InChI=1S/C16H20N2O4/c1-9(2)17-14(19)11-8-12(11)15(20)18-13-7-5-4-6-10(13)16(21)22-3/h4-7,9,11-12H,8H2,1-3H3,(H,17,19)(H,18,20). The van der Waals surface area contributed by atoms with E-state index in [1.807, 2.05) is 13.8 Å². The molecule has 1 fully saturated rings. The molecule has 0 saturated heterocycles. The van der Waals surface area contributed by atoms with Crippen LogP contribution in [0.5, 0.6) is 0 Å². The van der Waals surface area contributed by atoms with Crippen molar-refractivity contribution in [2.24, 2.45) is 11.8 Å². The summed E-state index contributed by atoms with van der Waals surface area (Å²) in [5.74, 6) is -1.49. The molecular formula is C16H20N2O4. The van der Waals surface area contributed by atoms with Gasteiger partial charge in [0.2, 0.25) is 11.8 Å². The molecule has 22 heavy (non-hydrogen) atoms. The number of carbonyl (C=O) groups excluding carboxylic acids is 3. The van der Waals surface area contributed by atoms with E-state index in [4.69, 9.17) is 0 Å². The molecule has 1 saturated carbocycles. The highest BCUT2D eigenvalue weighted by atomic mass is 16.5. The van der Waals surface area contributed by atoms with Crippen molar-refractivity contribution in [1.82, 2.24) is 5.32 Å². The van der Waals surface area contributed by atoms with Crippen molar-refractivity contribution in [3.63, 3.8) is 0 Å². The van der Waals surface area contributed by atoms with E-state index in [1.54, 1.807) is 24.3 Å². The SMILES string of the molecule is COC(=O)c1ccccc1NC(=O)C1CC1C(=O)NC(C)C. The second-order valence-corrected chi connectivity index (χ2v) is 5.64. The predicted molar refractivity (Wildman–Crippen MR) is 81.3 cm³/mol. The Morgan fingerprint density at radius 1 is 1.14 bits per heavy atom. The van der Waals surface area contributed by atoms with Gasteiger partial charge in [0.1, 0.15) is 0 Å². The molecule has 0 bridgehead atoms. The summed E-state index contributed by atoms with van der Waals surface area (Å²) >= 11 is 0. The summed E-state index contributed by atoms with van der Waals surface area (Å²) in [6.07, 6.45) is 0.533. The molecule has 1 aliphatic rings. The Kier molecular flexibility index (Phi) is 4.80. The third-order valence-electron chi connectivity index (χ3n) is 3.49. The number of nitrogens with one attached hydrogen (secondary N) is 2. The second kappa shape index (κ2) is 6.60. The number of methoxy groups -OCH3 is 1. The lowest BCUT2D eigenvalue weighted by Crippen LogP contribution is -2.32. The minimum atomic E-state index is -0.513. The molecule has 1 aromatic rings. The van der Waals surface area contributed by atoms with E-state index < -0.39 is 5.97 Å². The van der Waals surface area contributed by atoms with Crippen LogP contribution in [0.15, 0.2) is 24.3 Å². The average molecular weight is 304 g/mol. The zero-order chi connectivity index (χ0) is 16.3. The summed E-state index contributed by atoms with van der Waals surface area (Å²) in [4.78, 5) is 35.7. The minimum Gasteiger partial charge on any atom is -0.465 e. The molecular weight excluding hydrogens is 284 g/mol. The van der Waals surface area contributed by atoms with Crippen LogP contribution in [-0.2, 0) is 14.3 Å². The Morgan fingerprint density at radius 2 is 1.77 bits per heavy atom. The Balaban J connectivity index is 2.00. The zero-order valence-corrected chi connectivity index (χ0v) is 12.9. The number of esters is 1. The van der Waals surface area contributed by atoms with Gasteiger partial charge in [-0.2, -0.15) is 0 Å². The fourth-order valence-corrected chi connectivity index (χ4v) is 2.27. The first kappa shape index (κ1) is 16.0. The Labute approximate surface area is 129 Å². The second-order valence-electron chi connectivity index (χ2n) is 5.64. The lowest BCUT2D eigenvalue weighted by molar-refractivity contribution is -0.125. The molecule has 118 valence electrons. The fourth-order valence-electron chi connectivity index (χ4n) is 2.27. The third kappa shape index (κ3) is 3.63. The molecule has 2 N–H and O–H groups in total. The van der Waals surface area contributed by atoms with Gasteiger partial charge in [0, 0.05) is 6.04 Å². The smallest absolute Gasteiger partial charge is 0.339 e. The van der Waals surface area contributed by atoms with Crippen molar-refractivity contribution >= 4 is 23.5 Å². The van der Waals surface area contributed by atoms with Crippen LogP contribution in [0.25, 0.3) is 0 Å². The maximum atomic E-state index is 12.2. The molecule has 0 aliphatic heterocycles. The number of anilines is 1. The maximum absolute atomic E-state index is 12.2. The minimum absolute atomic E-state index is 0.0526. The predicted octanol–water partition coefficient (Wildman–Crippen LogP) is 1.57. The van der Waals surface area contributed by atoms with E-state index in [2.05, 4.69) is 15.4 Å². The van der Waals surface area contributed by atoms with Gasteiger partial charge < -0.3 is 15.4 Å². The molecule has 0 aromatic heterocycles. The Hall–Kier alpha value is -2.37. The Morgan fingerprint density at radius 3 is 2.41 bits per heavy atom. The van der Waals surface area contributed by atoms with Crippen LogP contribution in [0.2, 0.25) is 0 Å². The quantitative estimate of drug-likeness (QED) is 0.809. The molecule has 2 amide bonds. The molecule has 2 rings (SSSR count). The summed E-state index contributed by atoms with van der Waals surface area (Å²) in [6.45, 7) is 3.75. The van der Waals surface area contributed by atoms with Gasteiger partial charge in [-0.3, -0.25) is 9.59 Å². The van der Waals surface area contributed by atoms with Crippen LogP contribution < -0.4 is 10.6 Å². The van der Waals surface area contributed by atoms with Crippen molar-refractivity contribution in [2.75, 3.05) is 12.4 Å². The number of ether oxygens (including phenoxy) is 1. The highest BCUT2D eigenvalue weighted by Crippen LogP contribution is 2.39. The van der Waals surface area contributed by atoms with Crippen LogP contribution in [0.4, 0.5) is 5.69 Å². The number of rotatable bonds is 5. The molecule has 6 nitrogen and oxygen atoms in total. The molecule has 1 aromatic carbocycles. The lowest BCUT2D eigenvalue weighted by Gasteiger charge is -2.10. The first-order valence-electron chi connectivity index (χ1n) is 7.22. The van der Waals surface area contributed by atoms with Gasteiger partial charge in [-0.15, -0.1) is 0 Å². The summed E-state index contributed by atoms with van der Waals surface area (Å²) < 4.78 is 4.68. The molecule has 0 heterocycles. The normalized spacial score (nSPS) is 19.5.